The fourth-order valence-electron chi connectivity index (χ4n) is 2.19. The fourth-order valence-corrected chi connectivity index (χ4v) is 7.69. The van der Waals surface area contributed by atoms with Gasteiger partial charge in [0.05, 0.1) is 0 Å². The van der Waals surface area contributed by atoms with E-state index in [4.69, 9.17) is 4.74 Å². The Hall–Kier alpha value is 0.389. The Morgan fingerprint density at radius 1 is 1.06 bits per heavy atom. The summed E-state index contributed by atoms with van der Waals surface area (Å²) in [5, 5.41) is 1.54. The monoisotopic (exact) mass is 304 g/mol. The summed E-state index contributed by atoms with van der Waals surface area (Å²) in [5.41, 5.74) is 0.242. The zero-order valence-corrected chi connectivity index (χ0v) is 13.9. The van der Waals surface area contributed by atoms with Gasteiger partial charge in [0.1, 0.15) is 0 Å². The quantitative estimate of drug-likeness (QED) is 0.655. The van der Waals surface area contributed by atoms with Crippen LogP contribution in [0.4, 0.5) is 0 Å². The Bertz CT molecular complexity index is 392. The number of ether oxygens (including phenoxy) is 1. The molecule has 1 nitrogen and oxygen atoms in total. The normalized spacial score (nSPS) is 22.7. The van der Waals surface area contributed by atoms with Gasteiger partial charge in [0.15, 0.2) is 0 Å². The minimum absolute atomic E-state index is 0.0428. The molecular formula is C13H21OPSe. The molecule has 0 saturated heterocycles. The third-order valence-corrected chi connectivity index (χ3v) is 9.72. The van der Waals surface area contributed by atoms with Gasteiger partial charge in [-0.25, -0.2) is 0 Å². The van der Waals surface area contributed by atoms with Crippen LogP contribution in [0.5, 0.6) is 0 Å². The zero-order valence-electron chi connectivity index (χ0n) is 11.3. The molecule has 0 spiro atoms. The third-order valence-electron chi connectivity index (χ3n) is 2.90. The molecule has 0 bridgehead atoms. The summed E-state index contributed by atoms with van der Waals surface area (Å²) in [4.78, 5) is 0. The van der Waals surface area contributed by atoms with E-state index < -0.39 is 0 Å². The predicted molar refractivity (Wildman–Crippen MR) is 71.7 cm³/mol. The molecule has 0 N–H and O–H groups in total. The topological polar surface area (TPSA) is 9.23 Å². The van der Waals surface area contributed by atoms with E-state index in [1.807, 2.05) is 0 Å². The Kier molecular flexibility index (Phi) is 2.77. The van der Waals surface area contributed by atoms with Crippen molar-refractivity contribution >= 4 is 22.7 Å². The van der Waals surface area contributed by atoms with Gasteiger partial charge < -0.3 is 0 Å². The second kappa shape index (κ2) is 3.45. The van der Waals surface area contributed by atoms with E-state index in [1.165, 1.54) is 8.19 Å². The van der Waals surface area contributed by atoms with Gasteiger partial charge in [-0.1, -0.05) is 0 Å². The molecule has 1 aliphatic rings. The van der Waals surface area contributed by atoms with Crippen LogP contribution < -0.4 is 0 Å². The third kappa shape index (κ3) is 1.95. The van der Waals surface area contributed by atoms with Crippen molar-refractivity contribution < 1.29 is 4.74 Å². The van der Waals surface area contributed by atoms with Crippen molar-refractivity contribution in [3.63, 3.8) is 0 Å². The van der Waals surface area contributed by atoms with E-state index in [0.717, 1.165) is 0 Å². The van der Waals surface area contributed by atoms with Crippen LogP contribution in [0, 0.1) is 0 Å². The molecule has 0 aliphatic carbocycles. The summed E-state index contributed by atoms with van der Waals surface area (Å²) >= 11 is 0.520. The van der Waals surface area contributed by atoms with E-state index in [9.17, 15) is 0 Å². The molecule has 0 aromatic carbocycles. The molecule has 1 aromatic heterocycles. The van der Waals surface area contributed by atoms with E-state index >= 15 is 0 Å². The Balaban J connectivity index is 2.58. The van der Waals surface area contributed by atoms with Crippen LogP contribution in [-0.4, -0.2) is 14.5 Å². The van der Waals surface area contributed by atoms with Crippen LogP contribution >= 0.6 is 8.19 Å². The van der Waals surface area contributed by atoms with E-state index in [0.29, 0.717) is 19.9 Å². The number of hydrogen-bond acceptors (Lipinski definition) is 1. The summed E-state index contributed by atoms with van der Waals surface area (Å²) < 4.78 is 9.48. The molecule has 0 unspecified atom stereocenters. The summed E-state index contributed by atoms with van der Waals surface area (Å²) in [7, 11) is 1.45. The Morgan fingerprint density at radius 2 is 1.62 bits per heavy atom. The molecule has 1 aliphatic heterocycles. The summed E-state index contributed by atoms with van der Waals surface area (Å²) in [6, 6.07) is 0. The van der Waals surface area contributed by atoms with Crippen molar-refractivity contribution in [2.24, 2.45) is 0 Å². The van der Waals surface area contributed by atoms with Gasteiger partial charge in [-0.05, 0) is 0 Å². The van der Waals surface area contributed by atoms with Gasteiger partial charge in [-0.3, -0.25) is 0 Å². The minimum atomic E-state index is -0.0604. The van der Waals surface area contributed by atoms with Gasteiger partial charge in [-0.15, -0.1) is 0 Å². The van der Waals surface area contributed by atoms with Crippen LogP contribution in [-0.2, 0) is 21.4 Å². The predicted octanol–water partition coefficient (Wildman–Crippen LogP) is 4.12. The van der Waals surface area contributed by atoms with Crippen LogP contribution in [0.3, 0.4) is 0 Å². The van der Waals surface area contributed by atoms with Crippen molar-refractivity contribution in [2.75, 3.05) is 0 Å². The average Bonchev–Trinajstić information content (AvgIpc) is 2.49. The molecule has 0 fully saturated rings. The summed E-state index contributed by atoms with van der Waals surface area (Å²) in [6.07, 6.45) is 0. The molecule has 0 amide bonds. The molecule has 16 heavy (non-hydrogen) atoms. The van der Waals surface area contributed by atoms with Crippen LogP contribution in [0.2, 0.25) is 0 Å². The Labute approximate surface area is 106 Å². The van der Waals surface area contributed by atoms with E-state index in [2.05, 4.69) is 48.5 Å². The van der Waals surface area contributed by atoms with Crippen molar-refractivity contribution in [1.82, 2.24) is 0 Å². The zero-order chi connectivity index (χ0) is 12.4. The average molecular weight is 303 g/mol. The summed E-state index contributed by atoms with van der Waals surface area (Å²) in [5.74, 6) is 0. The van der Waals surface area contributed by atoms with Gasteiger partial charge in [0, 0.05) is 0 Å². The maximum atomic E-state index is 6.19. The number of fused-ring (bicyclic) bond motifs is 1. The number of rotatable bonds is 0. The molecule has 2 heterocycles. The molecule has 1 aromatic rings. The number of hydrogen-bond donors (Lipinski definition) is 0. The van der Waals surface area contributed by atoms with Crippen molar-refractivity contribution in [2.45, 2.75) is 65.1 Å². The molecule has 0 radical (unpaired) electrons. The van der Waals surface area contributed by atoms with Gasteiger partial charge in [0.2, 0.25) is 0 Å². The summed E-state index contributed by atoms with van der Waals surface area (Å²) in [6.45, 7) is 15.9. The first kappa shape index (κ1) is 12.8. The molecule has 2 rings (SSSR count). The molecular weight excluding hydrogens is 282 g/mol. The first-order chi connectivity index (χ1) is 7.04. The molecule has 90 valence electrons. The standard InChI is InChI=1S/C13H21OPSe/c1-11(2,3)10-15-8-9(16-10)13(6,7)14-12(8,4)5/h1-7H3. The molecule has 0 atom stereocenters. The second-order valence-corrected chi connectivity index (χ2v) is 10.5. The molecule has 0 saturated carbocycles. The van der Waals surface area contributed by atoms with Crippen molar-refractivity contribution in [3.8, 4) is 0 Å². The Morgan fingerprint density at radius 3 is 2.06 bits per heavy atom. The fraction of sp³-hybridized carbons (Fsp3) is 0.769. The van der Waals surface area contributed by atoms with Crippen LogP contribution in [0.25, 0.3) is 0 Å². The molecule has 3 heteroatoms. The van der Waals surface area contributed by atoms with Crippen LogP contribution in [0.1, 0.15) is 62.4 Å². The second-order valence-electron chi connectivity index (χ2n) is 6.57. The van der Waals surface area contributed by atoms with Crippen molar-refractivity contribution in [3.05, 3.63) is 13.9 Å². The van der Waals surface area contributed by atoms with Gasteiger partial charge in [0.25, 0.3) is 0 Å². The van der Waals surface area contributed by atoms with Gasteiger partial charge >= 0.3 is 106 Å². The van der Waals surface area contributed by atoms with E-state index in [1.54, 1.807) is 13.9 Å². The van der Waals surface area contributed by atoms with Crippen LogP contribution in [0.15, 0.2) is 0 Å². The van der Waals surface area contributed by atoms with Crippen molar-refractivity contribution in [1.29, 1.82) is 0 Å². The first-order valence-corrected chi connectivity index (χ1v) is 8.37. The van der Waals surface area contributed by atoms with E-state index in [-0.39, 0.29) is 11.2 Å². The first-order valence-electron chi connectivity index (χ1n) is 5.76. The van der Waals surface area contributed by atoms with Gasteiger partial charge in [-0.2, -0.15) is 0 Å². The SMILES string of the molecule is CC(C)(C)c1pc2c([se]1)C(C)(C)OC2(C)C. The maximum absolute atomic E-state index is 6.19.